The summed E-state index contributed by atoms with van der Waals surface area (Å²) < 4.78 is 31.6. The van der Waals surface area contributed by atoms with Gasteiger partial charge in [0.25, 0.3) is 0 Å². The zero-order valence-corrected chi connectivity index (χ0v) is 2.94. The van der Waals surface area contributed by atoms with Gasteiger partial charge in [0.05, 0.1) is 0 Å². The molecule has 0 aliphatic rings. The van der Waals surface area contributed by atoms with Gasteiger partial charge in [-0.25, -0.2) is 0 Å². The first-order valence-electron chi connectivity index (χ1n) is 0.698. The minimum Gasteiger partial charge on any atom is -0.264 e. The van der Waals surface area contributed by atoms with E-state index in [-0.39, 0.29) is 38.8 Å². The Morgan fingerprint density at radius 1 is 1.33 bits per heavy atom. The molecule has 0 atom stereocenters. The van der Waals surface area contributed by atoms with Gasteiger partial charge in [-0.1, -0.05) is 0 Å². The molecule has 0 saturated carbocycles. The molecule has 0 radical (unpaired) electrons. The van der Waals surface area contributed by atoms with Crippen LogP contribution in [0.4, 0.5) is 0 Å². The Morgan fingerprint density at radius 2 is 1.33 bits per heavy atom. The van der Waals surface area contributed by atoms with Crippen LogP contribution in [-0.4, -0.2) is 34.9 Å². The van der Waals surface area contributed by atoms with E-state index in [1.165, 1.54) is 0 Å². The van der Waals surface area contributed by atoms with E-state index in [0.29, 0.717) is 0 Å². The van der Waals surface area contributed by atoms with Crippen LogP contribution in [-0.2, 0) is 10.4 Å². The average Bonchev–Trinajstić information content (AvgIpc) is 0.722. The second kappa shape index (κ2) is 2.55. The van der Waals surface area contributed by atoms with Crippen LogP contribution in [0.1, 0.15) is 21.4 Å². The molecule has 6 heavy (non-hydrogen) atoms. The fourth-order valence-corrected chi connectivity index (χ4v) is 0. The summed E-state index contributed by atoms with van der Waals surface area (Å²) in [5, 5.41) is 0. The van der Waals surface area contributed by atoms with Gasteiger partial charge in [0, 0.05) is 21.4 Å². The normalized spacial score (nSPS) is 9.67. The lowest BCUT2D eigenvalue weighted by Gasteiger charge is -1.68. The van der Waals surface area contributed by atoms with Gasteiger partial charge in [-0.3, -0.25) is 9.11 Å². The Balaban J connectivity index is -0.000000000667. The monoisotopic (exact) mass is 158 g/mol. The van der Waals surface area contributed by atoms with Gasteiger partial charge in [-0.05, 0) is 0 Å². The largest absolute Gasteiger partial charge is 0.394 e. The van der Waals surface area contributed by atoms with Crippen molar-refractivity contribution in [3.63, 3.8) is 0 Å². The predicted molar refractivity (Wildman–Crippen MR) is 55.8 cm³/mol. The second-order valence-electron chi connectivity index (χ2n) is 0.448. The minimum absolute atomic E-state index is 0. The lowest BCUT2D eigenvalue weighted by molar-refractivity contribution is 0.381. The van der Waals surface area contributed by atoms with Crippen LogP contribution in [0.3, 0.4) is 0 Å². The molecule has 0 heterocycles. The van der Waals surface area contributed by atoms with E-state index in [2.05, 4.69) is 0 Å². The third-order valence-electron chi connectivity index (χ3n) is 0. The summed E-state index contributed by atoms with van der Waals surface area (Å²) >= 11 is 0. The first-order valence-corrected chi connectivity index (χ1v) is 2.10. The van der Waals surface area contributed by atoms with Gasteiger partial charge >= 0.3 is 10.4 Å². The number of rotatable bonds is 0. The zero-order valence-electron chi connectivity index (χ0n) is 2.12. The molecule has 0 fully saturated rings. The smallest absolute Gasteiger partial charge is 0.264 e. The summed E-state index contributed by atoms with van der Waals surface area (Å²) in [6, 6.07) is 0. The molecular formula is H35AlO4S. The highest BCUT2D eigenvalue weighted by Crippen LogP contribution is 1.59. The summed E-state index contributed by atoms with van der Waals surface area (Å²) in [6.45, 7) is 0. The van der Waals surface area contributed by atoms with Crippen LogP contribution in [0.15, 0.2) is 0 Å². The lowest BCUT2D eigenvalue weighted by Crippen LogP contribution is -1.89. The molecule has 0 aliphatic heterocycles. The molecule has 0 aromatic carbocycles. The Kier molecular flexibility index (Phi) is 4.10. The minimum atomic E-state index is -4.67. The Hall–Kier alpha value is 0.402. The molecule has 68 valence electrons. The van der Waals surface area contributed by atoms with E-state index in [1.54, 1.807) is 0 Å². The van der Waals surface area contributed by atoms with E-state index < -0.39 is 10.4 Å². The molecule has 0 aromatic heterocycles. The molecule has 0 aromatic rings. The van der Waals surface area contributed by atoms with E-state index >= 15 is 0 Å². The summed E-state index contributed by atoms with van der Waals surface area (Å²) in [6.07, 6.45) is 0. The standard InChI is InChI=1S/Al.H2O4S.15H2.3H/c;1-5(2,3)4;;;;;;;;;;;;;;;;;;/h;(H2,1,2,3,4);15*1H;;;. The fraction of sp³-hybridized carbons (Fsp3) is 0. The highest BCUT2D eigenvalue weighted by Gasteiger charge is 1.84. The van der Waals surface area contributed by atoms with Gasteiger partial charge in [-0.15, -0.1) is 0 Å². The molecule has 0 unspecified atom stereocenters. The molecule has 0 rings (SSSR count). The average molecular weight is 158 g/mol. The van der Waals surface area contributed by atoms with Gasteiger partial charge in [0.15, 0.2) is 17.4 Å². The van der Waals surface area contributed by atoms with E-state index in [4.69, 9.17) is 17.5 Å². The molecule has 0 bridgehead atoms. The van der Waals surface area contributed by atoms with Crippen molar-refractivity contribution in [2.24, 2.45) is 0 Å². The highest BCUT2D eigenvalue weighted by atomic mass is 32.3. The first-order chi connectivity index (χ1) is 2.00. The third-order valence-corrected chi connectivity index (χ3v) is 0. The molecule has 0 spiro atoms. The zero-order chi connectivity index (χ0) is 4.50. The van der Waals surface area contributed by atoms with Gasteiger partial charge in [0.1, 0.15) is 0 Å². The van der Waals surface area contributed by atoms with Crippen LogP contribution < -0.4 is 0 Å². The van der Waals surface area contributed by atoms with Crippen molar-refractivity contribution in [2.45, 2.75) is 0 Å². The third kappa shape index (κ3) is 315. The molecule has 4 nitrogen and oxygen atoms in total. The molecule has 6 heteroatoms. The quantitative estimate of drug-likeness (QED) is 0.417. The summed E-state index contributed by atoms with van der Waals surface area (Å²) in [5.74, 6) is 0. The van der Waals surface area contributed by atoms with Crippen molar-refractivity contribution in [1.29, 1.82) is 0 Å². The maximum absolute atomic E-state index is 8.74. The van der Waals surface area contributed by atoms with Crippen LogP contribution in [0.5, 0.6) is 0 Å². The topological polar surface area (TPSA) is 74.6 Å². The van der Waals surface area contributed by atoms with Crippen LogP contribution in [0.2, 0.25) is 0 Å². The van der Waals surface area contributed by atoms with Gasteiger partial charge < -0.3 is 0 Å². The molecule has 0 amide bonds. The van der Waals surface area contributed by atoms with E-state index in [1.807, 2.05) is 0 Å². The maximum atomic E-state index is 8.74. The molecule has 0 aliphatic carbocycles. The fourth-order valence-electron chi connectivity index (χ4n) is 0. The SMILES string of the molecule is O=S(=O)(O)O.[AlH3].[HH].[HH].[HH].[HH].[HH].[HH].[HH].[HH].[HH].[HH].[HH].[HH].[HH].[HH].[HH]. The lowest BCUT2D eigenvalue weighted by atomic mass is 15.8. The maximum Gasteiger partial charge on any atom is 0.394 e. The summed E-state index contributed by atoms with van der Waals surface area (Å²) in [7, 11) is -4.67. The van der Waals surface area contributed by atoms with Crippen molar-refractivity contribution in [1.82, 2.24) is 0 Å². The highest BCUT2D eigenvalue weighted by molar-refractivity contribution is 7.79. The second-order valence-corrected chi connectivity index (χ2v) is 1.34. The van der Waals surface area contributed by atoms with Gasteiger partial charge in [-0.2, -0.15) is 8.42 Å². The van der Waals surface area contributed by atoms with Crippen molar-refractivity contribution in [3.8, 4) is 0 Å². The first kappa shape index (κ1) is 9.64. The molecular weight excluding hydrogens is 123 g/mol. The van der Waals surface area contributed by atoms with Gasteiger partial charge in [0.2, 0.25) is 0 Å². The number of hydrogen-bond donors (Lipinski definition) is 2. The van der Waals surface area contributed by atoms with Crippen LogP contribution in [0.25, 0.3) is 0 Å². The Labute approximate surface area is 68.2 Å². The van der Waals surface area contributed by atoms with Crippen LogP contribution in [0, 0.1) is 0 Å². The van der Waals surface area contributed by atoms with Crippen molar-refractivity contribution < 1.29 is 38.9 Å². The van der Waals surface area contributed by atoms with Crippen LogP contribution >= 0.6 is 0 Å². The van der Waals surface area contributed by atoms with Crippen molar-refractivity contribution >= 4 is 27.8 Å². The summed E-state index contributed by atoms with van der Waals surface area (Å²) in [5.41, 5.74) is 0. The van der Waals surface area contributed by atoms with Crippen molar-refractivity contribution in [2.75, 3.05) is 0 Å². The number of hydrogen-bond acceptors (Lipinski definition) is 2. The Bertz CT molecular complexity index is 109. The summed E-state index contributed by atoms with van der Waals surface area (Å²) in [4.78, 5) is 0. The van der Waals surface area contributed by atoms with E-state index in [0.717, 1.165) is 0 Å². The predicted octanol–water partition coefficient (Wildman–Crippen LogP) is 1.85. The molecule has 0 saturated heterocycles. The van der Waals surface area contributed by atoms with Crippen molar-refractivity contribution in [3.05, 3.63) is 0 Å². The molecule has 2 N–H and O–H groups in total. The van der Waals surface area contributed by atoms with E-state index in [9.17, 15) is 0 Å². The Morgan fingerprint density at radius 3 is 1.33 bits per heavy atom.